The van der Waals surface area contributed by atoms with Crippen molar-refractivity contribution in [1.29, 1.82) is 0 Å². The average Bonchev–Trinajstić information content (AvgIpc) is 1.99. The first-order valence-electron chi connectivity index (χ1n) is 3.80. The van der Waals surface area contributed by atoms with Crippen molar-refractivity contribution in [2.45, 2.75) is 11.1 Å². The average molecular weight is 258 g/mol. The Hall–Kier alpha value is -0.750. The maximum Gasteiger partial charge on any atom is 0.400 e. The predicted octanol–water partition coefficient (Wildman–Crippen LogP) is 2.59. The first-order valence-corrected chi connectivity index (χ1v) is 5.50. The largest absolute Gasteiger partial charge is 0.400 e. The fourth-order valence-electron chi connectivity index (χ4n) is 0.987. The molecular weight excluding hydrogens is 251 g/mol. The van der Waals surface area contributed by atoms with Gasteiger partial charge in [-0.2, -0.15) is 13.2 Å². The molecule has 2 N–H and O–H groups in total. The van der Waals surface area contributed by atoms with Gasteiger partial charge in [-0.15, -0.1) is 0 Å². The Morgan fingerprint density at radius 3 is 2.47 bits per heavy atom. The summed E-state index contributed by atoms with van der Waals surface area (Å²) in [6.07, 6.45) is -4.50. The van der Waals surface area contributed by atoms with E-state index in [1.807, 2.05) is 0 Å². The molecule has 1 rings (SSSR count). The smallest absolute Gasteiger partial charge is 0.398 e. The second kappa shape index (κ2) is 4.40. The van der Waals surface area contributed by atoms with Crippen molar-refractivity contribution < 1.29 is 17.4 Å². The van der Waals surface area contributed by atoms with E-state index in [0.29, 0.717) is 0 Å². The third kappa shape index (κ3) is 3.39. The second-order valence-electron chi connectivity index (χ2n) is 2.76. The van der Waals surface area contributed by atoms with Crippen molar-refractivity contribution in [3.8, 4) is 0 Å². The fourth-order valence-corrected chi connectivity index (χ4v) is 2.48. The van der Waals surface area contributed by atoms with Crippen molar-refractivity contribution in [1.82, 2.24) is 0 Å². The molecule has 84 valence electrons. The highest BCUT2D eigenvalue weighted by atomic mass is 35.5. The van der Waals surface area contributed by atoms with Crippen LogP contribution < -0.4 is 5.73 Å². The van der Waals surface area contributed by atoms with Crippen molar-refractivity contribution >= 4 is 28.1 Å². The molecule has 0 saturated carbocycles. The summed E-state index contributed by atoms with van der Waals surface area (Å²) in [5.41, 5.74) is 5.40. The van der Waals surface area contributed by atoms with Gasteiger partial charge in [0.1, 0.15) is 5.75 Å². The van der Waals surface area contributed by atoms with Crippen molar-refractivity contribution in [3.05, 3.63) is 23.2 Å². The maximum atomic E-state index is 12.0. The van der Waals surface area contributed by atoms with Crippen LogP contribution in [0, 0.1) is 0 Å². The molecule has 1 unspecified atom stereocenters. The molecule has 0 aliphatic rings. The molecule has 0 bridgehead atoms. The molecule has 0 amide bonds. The minimum absolute atomic E-state index is 0.00471. The quantitative estimate of drug-likeness (QED) is 0.828. The fraction of sp³-hybridized carbons (Fsp3) is 0.250. The minimum atomic E-state index is -4.50. The van der Waals surface area contributed by atoms with E-state index in [-0.39, 0.29) is 15.6 Å². The molecule has 0 spiro atoms. The zero-order valence-electron chi connectivity index (χ0n) is 7.34. The number of hydrogen-bond acceptors (Lipinski definition) is 2. The summed E-state index contributed by atoms with van der Waals surface area (Å²) in [7, 11) is -2.26. The zero-order chi connectivity index (χ0) is 11.6. The third-order valence-corrected chi connectivity index (χ3v) is 3.45. The molecule has 0 radical (unpaired) electrons. The number of nitrogen functional groups attached to an aromatic ring is 1. The monoisotopic (exact) mass is 257 g/mol. The van der Waals surface area contributed by atoms with Gasteiger partial charge < -0.3 is 5.73 Å². The Balaban J connectivity index is 3.02. The van der Waals surface area contributed by atoms with Crippen molar-refractivity contribution in [2.24, 2.45) is 0 Å². The predicted molar refractivity (Wildman–Crippen MR) is 53.2 cm³/mol. The SMILES string of the molecule is Nc1cccc(Cl)c1S(=O)CC(F)(F)F. The molecule has 0 aromatic heterocycles. The summed E-state index contributed by atoms with van der Waals surface area (Å²) in [5, 5.41) is -0.0161. The molecular formula is C8H7ClF3NOS. The third-order valence-electron chi connectivity index (χ3n) is 1.52. The Kier molecular flexibility index (Phi) is 3.62. The Bertz CT molecular complexity index is 374. The summed E-state index contributed by atoms with van der Waals surface area (Å²) in [4.78, 5) is -0.156. The molecule has 1 aromatic rings. The number of alkyl halides is 3. The number of anilines is 1. The van der Waals surface area contributed by atoms with E-state index < -0.39 is 22.7 Å². The molecule has 0 heterocycles. The molecule has 15 heavy (non-hydrogen) atoms. The number of halogens is 4. The molecule has 0 aliphatic carbocycles. The summed E-state index contributed by atoms with van der Waals surface area (Å²) in [6.45, 7) is 0. The van der Waals surface area contributed by atoms with Gasteiger partial charge in [0.15, 0.2) is 0 Å². The van der Waals surface area contributed by atoms with Gasteiger partial charge in [-0.1, -0.05) is 17.7 Å². The van der Waals surface area contributed by atoms with Crippen molar-refractivity contribution in [3.63, 3.8) is 0 Å². The van der Waals surface area contributed by atoms with Gasteiger partial charge in [0.05, 0.1) is 20.7 Å². The first-order chi connectivity index (χ1) is 6.81. The van der Waals surface area contributed by atoms with E-state index in [0.717, 1.165) is 0 Å². The summed E-state index contributed by atoms with van der Waals surface area (Å²) in [5.74, 6) is -1.44. The van der Waals surface area contributed by atoms with Crippen LogP contribution in [0.5, 0.6) is 0 Å². The lowest BCUT2D eigenvalue weighted by atomic mass is 10.3. The van der Waals surface area contributed by atoms with E-state index in [9.17, 15) is 17.4 Å². The highest BCUT2D eigenvalue weighted by molar-refractivity contribution is 7.85. The Morgan fingerprint density at radius 2 is 2.00 bits per heavy atom. The van der Waals surface area contributed by atoms with E-state index in [1.54, 1.807) is 0 Å². The lowest BCUT2D eigenvalue weighted by Gasteiger charge is -2.09. The molecule has 7 heteroatoms. The Labute approximate surface area is 91.7 Å². The van der Waals surface area contributed by atoms with Gasteiger partial charge in [-0.3, -0.25) is 4.21 Å². The van der Waals surface area contributed by atoms with E-state index in [4.69, 9.17) is 17.3 Å². The van der Waals surface area contributed by atoms with Gasteiger partial charge in [0.2, 0.25) is 0 Å². The van der Waals surface area contributed by atoms with Gasteiger partial charge in [0.25, 0.3) is 0 Å². The standard InChI is InChI=1S/C8H7ClF3NOS/c9-5-2-1-3-6(13)7(5)15(14)4-8(10,11)12/h1-3H,4,13H2. The summed E-state index contributed by atoms with van der Waals surface area (Å²) >= 11 is 5.61. The van der Waals surface area contributed by atoms with E-state index in [2.05, 4.69) is 0 Å². The van der Waals surface area contributed by atoms with Gasteiger partial charge in [0, 0.05) is 5.69 Å². The van der Waals surface area contributed by atoms with Crippen LogP contribution >= 0.6 is 11.6 Å². The first kappa shape index (κ1) is 12.3. The zero-order valence-corrected chi connectivity index (χ0v) is 8.92. The van der Waals surface area contributed by atoms with Crippen LogP contribution in [0.4, 0.5) is 18.9 Å². The van der Waals surface area contributed by atoms with Crippen LogP contribution in [0.2, 0.25) is 5.02 Å². The van der Waals surface area contributed by atoms with Crippen LogP contribution in [0.25, 0.3) is 0 Å². The lowest BCUT2D eigenvalue weighted by Crippen LogP contribution is -2.19. The van der Waals surface area contributed by atoms with Gasteiger partial charge in [-0.25, -0.2) is 0 Å². The summed E-state index contributed by atoms with van der Waals surface area (Å²) < 4.78 is 47.3. The number of hydrogen-bond donors (Lipinski definition) is 1. The molecule has 0 aliphatic heterocycles. The molecule has 1 atom stereocenters. The van der Waals surface area contributed by atoms with Crippen LogP contribution in [0.15, 0.2) is 23.1 Å². The highest BCUT2D eigenvalue weighted by Gasteiger charge is 2.32. The highest BCUT2D eigenvalue weighted by Crippen LogP contribution is 2.28. The van der Waals surface area contributed by atoms with Crippen LogP contribution in [-0.2, 0) is 10.8 Å². The number of nitrogens with two attached hydrogens (primary N) is 1. The summed E-state index contributed by atoms with van der Waals surface area (Å²) in [6, 6.07) is 4.18. The topological polar surface area (TPSA) is 43.1 Å². The van der Waals surface area contributed by atoms with Crippen LogP contribution in [-0.4, -0.2) is 16.1 Å². The molecule has 1 aromatic carbocycles. The van der Waals surface area contributed by atoms with Crippen LogP contribution in [0.1, 0.15) is 0 Å². The normalized spacial score (nSPS) is 13.9. The number of benzene rings is 1. The molecule has 2 nitrogen and oxygen atoms in total. The minimum Gasteiger partial charge on any atom is -0.398 e. The molecule has 0 saturated heterocycles. The van der Waals surface area contributed by atoms with Crippen LogP contribution in [0.3, 0.4) is 0 Å². The van der Waals surface area contributed by atoms with E-state index in [1.165, 1.54) is 18.2 Å². The lowest BCUT2D eigenvalue weighted by molar-refractivity contribution is -0.105. The second-order valence-corrected chi connectivity index (χ2v) is 4.56. The van der Waals surface area contributed by atoms with E-state index >= 15 is 0 Å². The maximum absolute atomic E-state index is 12.0. The van der Waals surface area contributed by atoms with Gasteiger partial charge in [-0.05, 0) is 12.1 Å². The van der Waals surface area contributed by atoms with Crippen molar-refractivity contribution in [2.75, 3.05) is 11.5 Å². The number of rotatable bonds is 2. The Morgan fingerprint density at radius 1 is 1.40 bits per heavy atom. The van der Waals surface area contributed by atoms with Gasteiger partial charge >= 0.3 is 6.18 Å². The molecule has 0 fully saturated rings.